The molecule has 4 aromatic rings. The van der Waals surface area contributed by atoms with E-state index in [1.165, 1.54) is 35.6 Å². The molecule has 4 nitrogen and oxygen atoms in total. The van der Waals surface area contributed by atoms with Crippen LogP contribution in [0.5, 0.6) is 5.75 Å². The van der Waals surface area contributed by atoms with Crippen LogP contribution in [0.4, 0.5) is 15.8 Å². The maximum Gasteiger partial charge on any atom is 0.338 e. The highest BCUT2D eigenvalue weighted by molar-refractivity contribution is 5.92. The number of anilines is 2. The Morgan fingerprint density at radius 1 is 1.08 bits per heavy atom. The van der Waals surface area contributed by atoms with Crippen LogP contribution in [0.1, 0.15) is 53.6 Å². The van der Waals surface area contributed by atoms with E-state index in [2.05, 4.69) is 49.4 Å². The van der Waals surface area contributed by atoms with E-state index in [0.29, 0.717) is 29.5 Å². The SMILES string of the molecule is COC(=O)c1cc(N2CC(CCC[C@H](C)c3cccc4ccccc34)Oc3ccc(F)cc32)ccc1C. The quantitative estimate of drug-likeness (QED) is 0.243. The van der Waals surface area contributed by atoms with Crippen molar-refractivity contribution in [2.45, 2.75) is 45.1 Å². The topological polar surface area (TPSA) is 38.8 Å². The molecule has 0 bridgehead atoms. The van der Waals surface area contributed by atoms with Gasteiger partial charge in [-0.15, -0.1) is 0 Å². The molecule has 5 heteroatoms. The van der Waals surface area contributed by atoms with E-state index in [0.717, 1.165) is 30.5 Å². The average Bonchev–Trinajstić information content (AvgIpc) is 2.92. The number of rotatable bonds is 7. The summed E-state index contributed by atoms with van der Waals surface area (Å²) in [5.41, 5.74) is 4.20. The van der Waals surface area contributed by atoms with Gasteiger partial charge in [-0.25, -0.2) is 9.18 Å². The van der Waals surface area contributed by atoms with Crippen molar-refractivity contribution in [3.63, 3.8) is 0 Å². The third-order valence-corrected chi connectivity index (χ3v) is 7.35. The van der Waals surface area contributed by atoms with Crippen LogP contribution < -0.4 is 9.64 Å². The van der Waals surface area contributed by atoms with Crippen molar-refractivity contribution in [3.8, 4) is 5.75 Å². The number of methoxy groups -OCH3 is 1. The lowest BCUT2D eigenvalue weighted by Gasteiger charge is -2.37. The summed E-state index contributed by atoms with van der Waals surface area (Å²) in [6.07, 6.45) is 2.86. The fraction of sp³-hybridized carbons (Fsp3) is 0.281. The van der Waals surface area contributed by atoms with Crippen molar-refractivity contribution in [1.82, 2.24) is 0 Å². The summed E-state index contributed by atoms with van der Waals surface area (Å²) >= 11 is 0. The van der Waals surface area contributed by atoms with Gasteiger partial charge in [-0.2, -0.15) is 0 Å². The predicted octanol–water partition coefficient (Wildman–Crippen LogP) is 7.95. The number of esters is 1. The molecule has 0 N–H and O–H groups in total. The summed E-state index contributed by atoms with van der Waals surface area (Å²) in [6.45, 7) is 4.74. The standard InChI is InChI=1S/C32H32FNO3/c1-21(27-13-7-10-23-9-4-5-12-28(23)27)8-6-11-26-20-34(30-18-24(33)15-17-31(30)37-26)25-16-14-22(2)29(19-25)32(35)36-3/h4-5,7,9-10,12-19,21,26H,6,8,11,20H2,1-3H3/t21-,26?/m0/s1. The second-order valence-corrected chi connectivity index (χ2v) is 9.85. The minimum atomic E-state index is -0.383. The van der Waals surface area contributed by atoms with E-state index >= 15 is 0 Å². The maximum absolute atomic E-state index is 14.2. The van der Waals surface area contributed by atoms with E-state index in [1.807, 2.05) is 30.0 Å². The van der Waals surface area contributed by atoms with Gasteiger partial charge in [0.2, 0.25) is 0 Å². The number of halogens is 1. The Morgan fingerprint density at radius 2 is 1.89 bits per heavy atom. The van der Waals surface area contributed by atoms with Gasteiger partial charge >= 0.3 is 5.97 Å². The molecule has 4 aromatic carbocycles. The van der Waals surface area contributed by atoms with Crippen LogP contribution in [-0.2, 0) is 4.74 Å². The van der Waals surface area contributed by atoms with Crippen LogP contribution in [0.25, 0.3) is 10.8 Å². The normalized spacial score (nSPS) is 15.7. The Labute approximate surface area is 217 Å². The van der Waals surface area contributed by atoms with E-state index < -0.39 is 0 Å². The van der Waals surface area contributed by atoms with Gasteiger partial charge in [0.1, 0.15) is 17.7 Å². The number of hydrogen-bond donors (Lipinski definition) is 0. The molecule has 0 aromatic heterocycles. The number of nitrogens with zero attached hydrogens (tertiary/aromatic N) is 1. The largest absolute Gasteiger partial charge is 0.486 e. The van der Waals surface area contributed by atoms with Gasteiger partial charge in [0.15, 0.2) is 0 Å². The smallest absolute Gasteiger partial charge is 0.338 e. The number of benzene rings is 4. The lowest BCUT2D eigenvalue weighted by molar-refractivity contribution is 0.0600. The second-order valence-electron chi connectivity index (χ2n) is 9.85. The molecule has 190 valence electrons. The van der Waals surface area contributed by atoms with Gasteiger partial charge in [-0.05, 0) is 78.3 Å². The molecule has 1 aliphatic rings. The van der Waals surface area contributed by atoms with Crippen molar-refractivity contribution in [2.75, 3.05) is 18.6 Å². The van der Waals surface area contributed by atoms with E-state index in [9.17, 15) is 9.18 Å². The summed E-state index contributed by atoms with van der Waals surface area (Å²) in [5.74, 6) is 0.368. The Kier molecular flexibility index (Phi) is 7.13. The van der Waals surface area contributed by atoms with E-state index in [-0.39, 0.29) is 17.9 Å². The number of carbonyl (C=O) groups excluding carboxylic acids is 1. The van der Waals surface area contributed by atoms with Gasteiger partial charge in [-0.1, -0.05) is 55.5 Å². The molecule has 0 fully saturated rings. The summed E-state index contributed by atoms with van der Waals surface area (Å²) in [4.78, 5) is 14.4. The molecular formula is C32H32FNO3. The van der Waals surface area contributed by atoms with Crippen molar-refractivity contribution in [3.05, 3.63) is 101 Å². The number of carbonyl (C=O) groups is 1. The van der Waals surface area contributed by atoms with Crippen molar-refractivity contribution < 1.29 is 18.7 Å². The Morgan fingerprint density at radius 3 is 2.73 bits per heavy atom. The third-order valence-electron chi connectivity index (χ3n) is 7.35. The fourth-order valence-electron chi connectivity index (χ4n) is 5.31. The van der Waals surface area contributed by atoms with Gasteiger partial charge < -0.3 is 14.4 Å². The molecule has 1 aliphatic heterocycles. The summed E-state index contributed by atoms with van der Waals surface area (Å²) < 4.78 is 25.5. The van der Waals surface area contributed by atoms with Crippen LogP contribution >= 0.6 is 0 Å². The molecule has 1 unspecified atom stereocenters. The molecule has 0 amide bonds. The number of aryl methyl sites for hydroxylation is 1. The Hall–Kier alpha value is -3.86. The van der Waals surface area contributed by atoms with Crippen LogP contribution in [0.3, 0.4) is 0 Å². The van der Waals surface area contributed by atoms with Gasteiger partial charge in [0.05, 0.1) is 24.9 Å². The molecule has 5 rings (SSSR count). The lowest BCUT2D eigenvalue weighted by Crippen LogP contribution is -2.37. The zero-order valence-electron chi connectivity index (χ0n) is 21.5. The number of ether oxygens (including phenoxy) is 2. The summed E-state index contributed by atoms with van der Waals surface area (Å²) in [5, 5.41) is 2.58. The molecule has 1 heterocycles. The van der Waals surface area contributed by atoms with Gasteiger partial charge in [-0.3, -0.25) is 0 Å². The number of fused-ring (bicyclic) bond motifs is 2. The summed E-state index contributed by atoms with van der Waals surface area (Å²) in [6, 6.07) is 25.3. The van der Waals surface area contributed by atoms with Crippen LogP contribution in [-0.4, -0.2) is 25.7 Å². The zero-order chi connectivity index (χ0) is 25.9. The minimum Gasteiger partial charge on any atom is -0.486 e. The second kappa shape index (κ2) is 10.6. The van der Waals surface area contributed by atoms with Crippen LogP contribution in [0.2, 0.25) is 0 Å². The van der Waals surface area contributed by atoms with Crippen LogP contribution in [0.15, 0.2) is 78.9 Å². The number of hydrogen-bond acceptors (Lipinski definition) is 4. The first-order valence-electron chi connectivity index (χ1n) is 12.8. The third kappa shape index (κ3) is 5.17. The van der Waals surface area contributed by atoms with E-state index in [4.69, 9.17) is 9.47 Å². The molecule has 2 atom stereocenters. The average molecular weight is 498 g/mol. The van der Waals surface area contributed by atoms with E-state index in [1.54, 1.807) is 6.07 Å². The Balaban J connectivity index is 1.34. The van der Waals surface area contributed by atoms with Crippen molar-refractivity contribution in [1.29, 1.82) is 0 Å². The molecule has 0 radical (unpaired) electrons. The monoisotopic (exact) mass is 497 g/mol. The molecular weight excluding hydrogens is 465 g/mol. The maximum atomic E-state index is 14.2. The first-order valence-corrected chi connectivity index (χ1v) is 12.8. The van der Waals surface area contributed by atoms with Crippen molar-refractivity contribution in [2.24, 2.45) is 0 Å². The predicted molar refractivity (Wildman–Crippen MR) is 147 cm³/mol. The molecule has 0 saturated heterocycles. The Bertz CT molecular complexity index is 1430. The molecule has 0 aliphatic carbocycles. The van der Waals surface area contributed by atoms with Crippen LogP contribution in [0, 0.1) is 12.7 Å². The minimum absolute atomic E-state index is 0.0550. The lowest BCUT2D eigenvalue weighted by atomic mass is 9.90. The highest BCUT2D eigenvalue weighted by Gasteiger charge is 2.28. The highest BCUT2D eigenvalue weighted by Crippen LogP contribution is 2.40. The highest BCUT2D eigenvalue weighted by atomic mass is 19.1. The molecule has 0 saturated carbocycles. The fourth-order valence-corrected chi connectivity index (χ4v) is 5.31. The van der Waals surface area contributed by atoms with Crippen molar-refractivity contribution >= 4 is 28.1 Å². The molecule has 37 heavy (non-hydrogen) atoms. The summed E-state index contributed by atoms with van der Waals surface area (Å²) in [7, 11) is 1.38. The first-order chi connectivity index (χ1) is 17.9. The van der Waals surface area contributed by atoms with Gasteiger partial charge in [0, 0.05) is 11.8 Å². The molecule has 0 spiro atoms. The zero-order valence-corrected chi connectivity index (χ0v) is 21.5. The van der Waals surface area contributed by atoms with Gasteiger partial charge in [0.25, 0.3) is 0 Å². The first kappa shape index (κ1) is 24.8.